The number of rotatable bonds is 6. The van der Waals surface area contributed by atoms with Crippen LogP contribution in [0.4, 0.5) is 4.79 Å². The van der Waals surface area contributed by atoms with Gasteiger partial charge in [-0.15, -0.1) is 0 Å². The first-order chi connectivity index (χ1) is 16.4. The van der Waals surface area contributed by atoms with Crippen molar-refractivity contribution in [1.29, 1.82) is 0 Å². The molecule has 1 aliphatic rings. The Morgan fingerprint density at radius 3 is 2.14 bits per heavy atom. The van der Waals surface area contributed by atoms with Crippen LogP contribution < -0.4 is 0 Å². The van der Waals surface area contributed by atoms with E-state index in [4.69, 9.17) is 13.9 Å². The number of carbonyl (C=O) groups is 2. The molecule has 1 saturated heterocycles. The highest BCUT2D eigenvalue weighted by Crippen LogP contribution is 2.46. The molecule has 6 nitrogen and oxygen atoms in total. The fourth-order valence-corrected chi connectivity index (χ4v) is 5.85. The molecule has 0 bridgehead atoms. The van der Waals surface area contributed by atoms with E-state index in [2.05, 4.69) is 33.9 Å². The Hall–Kier alpha value is -2.64. The minimum absolute atomic E-state index is 0.00735. The molecule has 1 fully saturated rings. The topological polar surface area (TPSA) is 65.1 Å². The first-order valence-corrected chi connectivity index (χ1v) is 15.1. The van der Waals surface area contributed by atoms with Crippen LogP contribution in [0.3, 0.4) is 0 Å². The van der Waals surface area contributed by atoms with Crippen molar-refractivity contribution < 1.29 is 23.5 Å². The number of hydrogen-bond acceptors (Lipinski definition) is 5. The summed E-state index contributed by atoms with van der Waals surface area (Å²) in [5, 5.41) is -0.00735. The van der Waals surface area contributed by atoms with E-state index in [1.54, 1.807) is 4.90 Å². The standard InChI is InChI=1S/C28H39NO5Si/c1-27(2,3)35(6,7)34-23-18-24(25(30)32-5)28(4,22-16-12-9-13-17-22)29(19-23)26(31)33-20-21-14-10-8-11-15-21/h8-17,23-24H,18-20H2,1-7H3/t23-,24+,28-/m0/s1. The summed E-state index contributed by atoms with van der Waals surface area (Å²) < 4.78 is 17.8. The zero-order valence-electron chi connectivity index (χ0n) is 22.0. The number of ether oxygens (including phenoxy) is 2. The molecule has 1 heterocycles. The van der Waals surface area contributed by atoms with Crippen LogP contribution in [0.1, 0.15) is 45.2 Å². The SMILES string of the molecule is COC(=O)[C@H]1C[C@H](O[Si](C)(C)C(C)(C)C)CN(C(=O)OCc2ccccc2)[C@@]1(C)c1ccccc1. The van der Waals surface area contributed by atoms with Gasteiger partial charge in [-0.25, -0.2) is 4.79 Å². The fourth-order valence-electron chi connectivity index (χ4n) is 4.49. The molecule has 0 aromatic heterocycles. The van der Waals surface area contributed by atoms with Crippen LogP contribution in [0.15, 0.2) is 60.7 Å². The first kappa shape index (κ1) is 27.0. The van der Waals surface area contributed by atoms with E-state index < -0.39 is 25.9 Å². The molecule has 2 aromatic rings. The number of likely N-dealkylation sites (tertiary alicyclic amines) is 1. The average Bonchev–Trinajstić information content (AvgIpc) is 2.83. The third-order valence-corrected chi connectivity index (χ3v) is 12.2. The summed E-state index contributed by atoms with van der Waals surface area (Å²) in [7, 11) is -0.766. The van der Waals surface area contributed by atoms with Crippen molar-refractivity contribution >= 4 is 20.4 Å². The second-order valence-corrected chi connectivity index (χ2v) is 15.7. The van der Waals surface area contributed by atoms with Gasteiger partial charge in [0.25, 0.3) is 0 Å². The second kappa shape index (κ2) is 10.5. The summed E-state index contributed by atoms with van der Waals surface area (Å²) in [6, 6.07) is 19.2. The summed E-state index contributed by atoms with van der Waals surface area (Å²) >= 11 is 0. The highest BCUT2D eigenvalue weighted by Gasteiger charge is 2.54. The molecule has 7 heteroatoms. The second-order valence-electron chi connectivity index (χ2n) is 11.0. The molecule has 3 rings (SSSR count). The van der Waals surface area contributed by atoms with E-state index in [-0.39, 0.29) is 23.7 Å². The Bertz CT molecular complexity index is 1010. The molecule has 0 spiro atoms. The lowest BCUT2D eigenvalue weighted by Crippen LogP contribution is -2.63. The molecular weight excluding hydrogens is 458 g/mol. The Labute approximate surface area is 210 Å². The summed E-state index contributed by atoms with van der Waals surface area (Å²) in [6.07, 6.45) is -0.314. The first-order valence-electron chi connectivity index (χ1n) is 12.2. The van der Waals surface area contributed by atoms with Crippen molar-refractivity contribution in [3.05, 3.63) is 71.8 Å². The Morgan fingerprint density at radius 1 is 1.03 bits per heavy atom. The van der Waals surface area contributed by atoms with Gasteiger partial charge < -0.3 is 13.9 Å². The van der Waals surface area contributed by atoms with Crippen LogP contribution >= 0.6 is 0 Å². The van der Waals surface area contributed by atoms with Crippen molar-refractivity contribution in [1.82, 2.24) is 4.90 Å². The number of esters is 1. The smallest absolute Gasteiger partial charge is 0.410 e. The van der Waals surface area contributed by atoms with Crippen molar-refractivity contribution in [2.75, 3.05) is 13.7 Å². The number of piperidine rings is 1. The Balaban J connectivity index is 2.00. The lowest BCUT2D eigenvalue weighted by atomic mass is 9.72. The molecule has 0 N–H and O–H groups in total. The average molecular weight is 498 g/mol. The van der Waals surface area contributed by atoms with Crippen LogP contribution in [-0.2, 0) is 30.8 Å². The lowest BCUT2D eigenvalue weighted by molar-refractivity contribution is -0.157. The number of nitrogens with zero attached hydrogens (tertiary/aromatic N) is 1. The summed E-state index contributed by atoms with van der Waals surface area (Å²) in [5.41, 5.74) is 0.811. The third kappa shape index (κ3) is 5.78. The van der Waals surface area contributed by atoms with Gasteiger partial charge in [-0.2, -0.15) is 0 Å². The van der Waals surface area contributed by atoms with Gasteiger partial charge in [0.2, 0.25) is 0 Å². The van der Waals surface area contributed by atoms with Crippen molar-refractivity contribution in [3.8, 4) is 0 Å². The van der Waals surface area contributed by atoms with Gasteiger partial charge in [0.05, 0.1) is 24.7 Å². The molecule has 2 aromatic carbocycles. The Morgan fingerprint density at radius 2 is 1.60 bits per heavy atom. The van der Waals surface area contributed by atoms with Crippen molar-refractivity contribution in [2.45, 2.75) is 70.5 Å². The van der Waals surface area contributed by atoms with E-state index in [0.717, 1.165) is 11.1 Å². The molecule has 1 aliphatic heterocycles. The van der Waals surface area contributed by atoms with E-state index in [9.17, 15) is 9.59 Å². The maximum Gasteiger partial charge on any atom is 0.410 e. The molecule has 0 radical (unpaired) electrons. The normalized spacial score (nSPS) is 23.0. The molecule has 0 saturated carbocycles. The molecule has 1 amide bonds. The zero-order chi connectivity index (χ0) is 25.9. The molecule has 35 heavy (non-hydrogen) atoms. The van der Waals surface area contributed by atoms with Gasteiger partial charge in [0.1, 0.15) is 6.61 Å². The summed E-state index contributed by atoms with van der Waals surface area (Å²) in [4.78, 5) is 28.5. The number of benzene rings is 2. The maximum absolute atomic E-state index is 13.6. The van der Waals surface area contributed by atoms with Gasteiger partial charge in [0, 0.05) is 6.54 Å². The molecular formula is C28H39NO5Si. The summed E-state index contributed by atoms with van der Waals surface area (Å²) in [5.74, 6) is -0.969. The highest BCUT2D eigenvalue weighted by atomic mass is 28.4. The lowest BCUT2D eigenvalue weighted by Gasteiger charge is -2.52. The van der Waals surface area contributed by atoms with E-state index >= 15 is 0 Å². The van der Waals surface area contributed by atoms with E-state index in [1.807, 2.05) is 67.6 Å². The molecule has 0 unspecified atom stereocenters. The maximum atomic E-state index is 13.6. The van der Waals surface area contributed by atoms with Gasteiger partial charge in [-0.1, -0.05) is 81.4 Å². The number of amides is 1. The predicted molar refractivity (Wildman–Crippen MR) is 139 cm³/mol. The number of carbonyl (C=O) groups excluding carboxylic acids is 2. The minimum Gasteiger partial charge on any atom is -0.469 e. The van der Waals surface area contributed by atoms with Gasteiger partial charge in [-0.05, 0) is 42.6 Å². The van der Waals surface area contributed by atoms with Gasteiger partial charge in [-0.3, -0.25) is 9.69 Å². The molecule has 3 atom stereocenters. The van der Waals surface area contributed by atoms with Crippen LogP contribution in [0.2, 0.25) is 18.1 Å². The van der Waals surface area contributed by atoms with Crippen LogP contribution in [-0.4, -0.2) is 45.0 Å². The molecule has 190 valence electrons. The van der Waals surface area contributed by atoms with Crippen molar-refractivity contribution in [3.63, 3.8) is 0 Å². The Kier molecular flexibility index (Phi) is 8.12. The van der Waals surface area contributed by atoms with Crippen LogP contribution in [0.25, 0.3) is 0 Å². The van der Waals surface area contributed by atoms with Crippen molar-refractivity contribution in [2.24, 2.45) is 5.92 Å². The van der Waals surface area contributed by atoms with E-state index in [0.29, 0.717) is 13.0 Å². The third-order valence-electron chi connectivity index (χ3n) is 7.66. The predicted octanol–water partition coefficient (Wildman–Crippen LogP) is 6.12. The number of hydrogen-bond donors (Lipinski definition) is 0. The highest BCUT2D eigenvalue weighted by molar-refractivity contribution is 6.74. The summed E-state index contributed by atoms with van der Waals surface area (Å²) in [6.45, 7) is 13.3. The van der Waals surface area contributed by atoms with Gasteiger partial charge in [0.15, 0.2) is 8.32 Å². The van der Waals surface area contributed by atoms with Crippen LogP contribution in [0, 0.1) is 5.92 Å². The quantitative estimate of drug-likeness (QED) is 0.355. The largest absolute Gasteiger partial charge is 0.469 e. The van der Waals surface area contributed by atoms with Gasteiger partial charge >= 0.3 is 12.1 Å². The van der Waals surface area contributed by atoms with Crippen LogP contribution in [0.5, 0.6) is 0 Å². The monoisotopic (exact) mass is 497 g/mol. The minimum atomic E-state index is -2.16. The number of methoxy groups -OCH3 is 1. The zero-order valence-corrected chi connectivity index (χ0v) is 23.0. The fraction of sp³-hybridized carbons (Fsp3) is 0.500. The van der Waals surface area contributed by atoms with E-state index in [1.165, 1.54) is 7.11 Å². The molecule has 0 aliphatic carbocycles.